The number of hydrogen-bond donors (Lipinski definition) is 1. The van der Waals surface area contributed by atoms with Crippen molar-refractivity contribution in [2.75, 3.05) is 13.1 Å². The summed E-state index contributed by atoms with van der Waals surface area (Å²) in [4.78, 5) is 2.53. The molecule has 1 aliphatic heterocycles. The zero-order valence-corrected chi connectivity index (χ0v) is 7.71. The Morgan fingerprint density at radius 2 is 2.09 bits per heavy atom. The highest BCUT2D eigenvalue weighted by Gasteiger charge is 2.23. The van der Waals surface area contributed by atoms with E-state index in [0.717, 1.165) is 12.6 Å². The van der Waals surface area contributed by atoms with Gasteiger partial charge in [0.2, 0.25) is 0 Å². The Bertz CT molecular complexity index is 110. The summed E-state index contributed by atoms with van der Waals surface area (Å²) in [7, 11) is 0. The molecule has 0 aromatic carbocycles. The molecular weight excluding hydrogens is 136 g/mol. The number of nitrogens with zero attached hydrogens (tertiary/aromatic N) is 1. The SMILES string of the molecule is CCC(CC)N1CC[C@H](N)C1. The number of nitrogens with two attached hydrogens (primary N) is 1. The van der Waals surface area contributed by atoms with Crippen molar-refractivity contribution in [1.29, 1.82) is 0 Å². The molecule has 1 saturated heterocycles. The van der Waals surface area contributed by atoms with Crippen LogP contribution >= 0.6 is 0 Å². The number of hydrogen-bond acceptors (Lipinski definition) is 2. The molecule has 0 spiro atoms. The first-order valence-corrected chi connectivity index (χ1v) is 4.77. The minimum absolute atomic E-state index is 0.440. The zero-order chi connectivity index (χ0) is 8.27. The predicted molar refractivity (Wildman–Crippen MR) is 48.5 cm³/mol. The van der Waals surface area contributed by atoms with Gasteiger partial charge in [-0.1, -0.05) is 13.8 Å². The summed E-state index contributed by atoms with van der Waals surface area (Å²) in [6.07, 6.45) is 3.73. The molecule has 0 amide bonds. The molecule has 11 heavy (non-hydrogen) atoms. The lowest BCUT2D eigenvalue weighted by molar-refractivity contribution is 0.227. The smallest absolute Gasteiger partial charge is 0.0180 e. The first-order chi connectivity index (χ1) is 5.27. The Balaban J connectivity index is 2.34. The van der Waals surface area contributed by atoms with E-state index in [2.05, 4.69) is 18.7 Å². The predicted octanol–water partition coefficient (Wildman–Crippen LogP) is 1.21. The van der Waals surface area contributed by atoms with Crippen LogP contribution in [0.4, 0.5) is 0 Å². The van der Waals surface area contributed by atoms with Crippen molar-refractivity contribution in [3.05, 3.63) is 0 Å². The summed E-state index contributed by atoms with van der Waals surface area (Å²) < 4.78 is 0. The van der Waals surface area contributed by atoms with E-state index >= 15 is 0 Å². The third-order valence-corrected chi connectivity index (χ3v) is 2.72. The molecule has 1 aliphatic rings. The van der Waals surface area contributed by atoms with Gasteiger partial charge in [-0.3, -0.25) is 4.90 Å². The lowest BCUT2D eigenvalue weighted by Gasteiger charge is -2.25. The quantitative estimate of drug-likeness (QED) is 0.665. The molecule has 0 unspecified atom stereocenters. The van der Waals surface area contributed by atoms with E-state index in [-0.39, 0.29) is 0 Å². The molecule has 1 heterocycles. The fraction of sp³-hybridized carbons (Fsp3) is 1.00. The molecule has 0 radical (unpaired) electrons. The van der Waals surface area contributed by atoms with Crippen LogP contribution in [0.1, 0.15) is 33.1 Å². The van der Waals surface area contributed by atoms with Gasteiger partial charge in [0.15, 0.2) is 0 Å². The molecule has 0 aliphatic carbocycles. The van der Waals surface area contributed by atoms with Crippen LogP contribution in [0.25, 0.3) is 0 Å². The summed E-state index contributed by atoms with van der Waals surface area (Å²) >= 11 is 0. The van der Waals surface area contributed by atoms with E-state index in [9.17, 15) is 0 Å². The molecular formula is C9H20N2. The van der Waals surface area contributed by atoms with Gasteiger partial charge in [0.05, 0.1) is 0 Å². The average Bonchev–Trinajstić information content (AvgIpc) is 2.39. The highest BCUT2D eigenvalue weighted by molar-refractivity contribution is 4.81. The molecule has 2 heteroatoms. The van der Waals surface area contributed by atoms with E-state index in [4.69, 9.17) is 5.73 Å². The van der Waals surface area contributed by atoms with Gasteiger partial charge in [-0.25, -0.2) is 0 Å². The second-order valence-electron chi connectivity index (χ2n) is 3.51. The molecule has 0 saturated carbocycles. The van der Waals surface area contributed by atoms with Crippen LogP contribution in [0.2, 0.25) is 0 Å². The molecule has 1 atom stereocenters. The summed E-state index contributed by atoms with van der Waals surface area (Å²) in [6.45, 7) is 6.86. The minimum Gasteiger partial charge on any atom is -0.326 e. The largest absolute Gasteiger partial charge is 0.326 e. The van der Waals surface area contributed by atoms with E-state index in [1.54, 1.807) is 0 Å². The Morgan fingerprint density at radius 1 is 1.45 bits per heavy atom. The monoisotopic (exact) mass is 156 g/mol. The van der Waals surface area contributed by atoms with Crippen LogP contribution < -0.4 is 5.73 Å². The Kier molecular flexibility index (Phi) is 3.34. The van der Waals surface area contributed by atoms with Gasteiger partial charge in [0.1, 0.15) is 0 Å². The topological polar surface area (TPSA) is 29.3 Å². The van der Waals surface area contributed by atoms with Gasteiger partial charge >= 0.3 is 0 Å². The minimum atomic E-state index is 0.440. The van der Waals surface area contributed by atoms with Crippen LogP contribution in [-0.4, -0.2) is 30.1 Å². The van der Waals surface area contributed by atoms with Gasteiger partial charge < -0.3 is 5.73 Å². The lowest BCUT2D eigenvalue weighted by Crippen LogP contribution is -2.34. The highest BCUT2D eigenvalue weighted by Crippen LogP contribution is 2.15. The maximum Gasteiger partial charge on any atom is 0.0180 e. The summed E-state index contributed by atoms with van der Waals surface area (Å²) in [6, 6.07) is 1.22. The molecule has 2 nitrogen and oxygen atoms in total. The van der Waals surface area contributed by atoms with Crippen molar-refractivity contribution in [1.82, 2.24) is 4.90 Å². The maximum absolute atomic E-state index is 5.83. The van der Waals surface area contributed by atoms with Crippen LogP contribution in [0.15, 0.2) is 0 Å². The van der Waals surface area contributed by atoms with Crippen molar-refractivity contribution < 1.29 is 0 Å². The van der Waals surface area contributed by atoms with Crippen LogP contribution in [-0.2, 0) is 0 Å². The van der Waals surface area contributed by atoms with Crippen molar-refractivity contribution in [2.45, 2.75) is 45.2 Å². The van der Waals surface area contributed by atoms with Crippen LogP contribution in [0.3, 0.4) is 0 Å². The molecule has 0 aromatic heterocycles. The summed E-state index contributed by atoms with van der Waals surface area (Å²) in [5.74, 6) is 0. The van der Waals surface area contributed by atoms with Crippen molar-refractivity contribution in [2.24, 2.45) is 5.73 Å². The molecule has 1 rings (SSSR count). The normalized spacial score (nSPS) is 26.7. The van der Waals surface area contributed by atoms with E-state index in [0.29, 0.717) is 6.04 Å². The maximum atomic E-state index is 5.83. The third-order valence-electron chi connectivity index (χ3n) is 2.72. The molecule has 1 fully saturated rings. The van der Waals surface area contributed by atoms with Crippen molar-refractivity contribution in [3.63, 3.8) is 0 Å². The zero-order valence-electron chi connectivity index (χ0n) is 7.71. The van der Waals surface area contributed by atoms with E-state index < -0.39 is 0 Å². The van der Waals surface area contributed by atoms with Gasteiger partial charge in [0, 0.05) is 25.2 Å². The number of rotatable bonds is 3. The van der Waals surface area contributed by atoms with Gasteiger partial charge in [-0.2, -0.15) is 0 Å². The lowest BCUT2D eigenvalue weighted by atomic mass is 10.1. The van der Waals surface area contributed by atoms with Crippen LogP contribution in [0.5, 0.6) is 0 Å². The molecule has 0 aromatic rings. The van der Waals surface area contributed by atoms with Gasteiger partial charge in [-0.05, 0) is 19.3 Å². The Hall–Kier alpha value is -0.0800. The van der Waals surface area contributed by atoms with E-state index in [1.165, 1.54) is 25.8 Å². The van der Waals surface area contributed by atoms with Crippen molar-refractivity contribution in [3.8, 4) is 0 Å². The highest BCUT2D eigenvalue weighted by atomic mass is 15.2. The molecule has 66 valence electrons. The second kappa shape index (κ2) is 4.07. The molecule has 0 bridgehead atoms. The Morgan fingerprint density at radius 3 is 2.45 bits per heavy atom. The summed E-state index contributed by atoms with van der Waals surface area (Å²) in [5, 5.41) is 0. The fourth-order valence-electron chi connectivity index (χ4n) is 1.95. The first kappa shape index (κ1) is 9.01. The van der Waals surface area contributed by atoms with E-state index in [1.807, 2.05) is 0 Å². The van der Waals surface area contributed by atoms with Gasteiger partial charge in [-0.15, -0.1) is 0 Å². The average molecular weight is 156 g/mol. The summed E-state index contributed by atoms with van der Waals surface area (Å²) in [5.41, 5.74) is 5.83. The second-order valence-corrected chi connectivity index (χ2v) is 3.51. The van der Waals surface area contributed by atoms with Gasteiger partial charge in [0.25, 0.3) is 0 Å². The molecule has 2 N–H and O–H groups in total. The van der Waals surface area contributed by atoms with Crippen molar-refractivity contribution >= 4 is 0 Å². The first-order valence-electron chi connectivity index (χ1n) is 4.77. The fourth-order valence-corrected chi connectivity index (χ4v) is 1.95. The standard InChI is InChI=1S/C9H20N2/c1-3-9(4-2)11-6-5-8(10)7-11/h8-9H,3-7,10H2,1-2H3/t8-/m0/s1. The third kappa shape index (κ3) is 2.17. The van der Waals surface area contributed by atoms with Crippen LogP contribution in [0, 0.1) is 0 Å². The number of likely N-dealkylation sites (tertiary alicyclic amines) is 1. The Labute approximate surface area is 69.8 Å².